The normalized spacial score (nSPS) is 26.5. The summed E-state index contributed by atoms with van der Waals surface area (Å²) in [6.45, 7) is 5.07. The Bertz CT molecular complexity index is 2140. The molecule has 2 saturated carbocycles. The van der Waals surface area contributed by atoms with E-state index >= 15 is 0 Å². The van der Waals surface area contributed by atoms with Crippen molar-refractivity contribution in [3.8, 4) is 23.2 Å². The van der Waals surface area contributed by atoms with Crippen molar-refractivity contribution in [3.63, 3.8) is 0 Å². The van der Waals surface area contributed by atoms with Crippen molar-refractivity contribution >= 4 is 56.4 Å². The number of benzene rings is 1. The van der Waals surface area contributed by atoms with Gasteiger partial charge in [0, 0.05) is 23.5 Å². The quantitative estimate of drug-likeness (QED) is 0.278. The Morgan fingerprint density at radius 1 is 1.16 bits per heavy atom. The number of hydrogen-bond donors (Lipinski definition) is 3. The van der Waals surface area contributed by atoms with Crippen LogP contribution in [0.15, 0.2) is 53.3 Å². The number of allylic oxidation sites excluding steroid dienone is 1. The van der Waals surface area contributed by atoms with Crippen LogP contribution in [-0.2, 0) is 29.1 Å². The highest BCUT2D eigenvalue weighted by Gasteiger charge is 2.62. The first-order valence-electron chi connectivity index (χ1n) is 18.6. The Hall–Kier alpha value is -4.84. The number of fused-ring (bicyclic) bond motifs is 3. The lowest BCUT2D eigenvalue weighted by Gasteiger charge is -2.30. The second-order valence-corrected chi connectivity index (χ2v) is 18.6. The number of rotatable bonds is 8. The molecular formula is C38H46N6O10S2. The molecule has 3 aromatic rings. The molecule has 56 heavy (non-hydrogen) atoms. The molecule has 4 aliphatic rings. The standard InChI is InChI=1S/C38H46N6O10S2/c1-37(2,3)54-36(48)41-29-21-55-15-7-5-6-8-23-19-38(23,35(47)43-56(49,50)26-10-11-26)42-31(45)30-18-25(20-44(30)34(29)46)53-32-27-12-9-24(51-4)16-22(27)17-28(40-32)33-39-13-14-52-33/h6,8-9,12-14,16-17,23,25-26,29-30H,5,7,10-11,15,18-21H2,1-4H3,(H,41,48)(H,42,45)(H,43,47)/b8-6-/t23-,25-,29+,30+,38-/m1/s1. The maximum atomic E-state index is 14.6. The number of hydrogen-bond acceptors (Lipinski definition) is 13. The number of thioether (sulfide) groups is 1. The third kappa shape index (κ3) is 8.75. The maximum Gasteiger partial charge on any atom is 0.408 e. The Morgan fingerprint density at radius 2 is 1.96 bits per heavy atom. The highest BCUT2D eigenvalue weighted by Crippen LogP contribution is 2.46. The van der Waals surface area contributed by atoms with Gasteiger partial charge >= 0.3 is 6.09 Å². The summed E-state index contributed by atoms with van der Waals surface area (Å²) in [4.78, 5) is 66.1. The van der Waals surface area contributed by atoms with E-state index in [0.29, 0.717) is 47.2 Å². The summed E-state index contributed by atoms with van der Waals surface area (Å²) in [7, 11) is -2.36. The number of nitrogens with one attached hydrogen (secondary N) is 3. The van der Waals surface area contributed by atoms with Gasteiger partial charge in [-0.3, -0.25) is 19.1 Å². The van der Waals surface area contributed by atoms with Crippen LogP contribution in [0.25, 0.3) is 22.4 Å². The minimum atomic E-state index is -3.91. The molecule has 0 spiro atoms. The molecule has 1 aromatic carbocycles. The Balaban J connectivity index is 1.22. The number of nitrogens with zero attached hydrogens (tertiary/aromatic N) is 3. The first-order chi connectivity index (χ1) is 26.7. The van der Waals surface area contributed by atoms with Gasteiger partial charge in [-0.25, -0.2) is 23.2 Å². The minimum absolute atomic E-state index is 0.00892. The van der Waals surface area contributed by atoms with Crippen LogP contribution in [0.3, 0.4) is 0 Å². The molecule has 300 valence electrons. The second kappa shape index (κ2) is 15.6. The van der Waals surface area contributed by atoms with Crippen molar-refractivity contribution in [1.82, 2.24) is 30.2 Å². The number of methoxy groups -OCH3 is 1. The van der Waals surface area contributed by atoms with Crippen LogP contribution < -0.4 is 24.8 Å². The van der Waals surface area contributed by atoms with E-state index in [0.717, 1.165) is 6.42 Å². The molecule has 16 nitrogen and oxygen atoms in total. The Morgan fingerprint density at radius 3 is 2.68 bits per heavy atom. The number of sulfonamides is 1. The largest absolute Gasteiger partial charge is 0.497 e. The Kier molecular flexibility index (Phi) is 11.0. The predicted molar refractivity (Wildman–Crippen MR) is 206 cm³/mol. The molecule has 18 heteroatoms. The average molecular weight is 811 g/mol. The van der Waals surface area contributed by atoms with Crippen molar-refractivity contribution in [2.24, 2.45) is 5.92 Å². The average Bonchev–Trinajstić information content (AvgIpc) is 4.00. The van der Waals surface area contributed by atoms with Crippen molar-refractivity contribution in [3.05, 3.63) is 48.9 Å². The molecule has 3 N–H and O–H groups in total. The lowest BCUT2D eigenvalue weighted by atomic mass is 10.1. The third-order valence-electron chi connectivity index (χ3n) is 10.0. The highest BCUT2D eigenvalue weighted by molar-refractivity contribution is 7.99. The van der Waals surface area contributed by atoms with Gasteiger partial charge in [-0.05, 0) is 88.3 Å². The van der Waals surface area contributed by atoms with Gasteiger partial charge in [0.15, 0.2) is 0 Å². The molecule has 2 aliphatic carbocycles. The van der Waals surface area contributed by atoms with Crippen LogP contribution in [0.1, 0.15) is 59.3 Å². The molecule has 1 saturated heterocycles. The predicted octanol–water partition coefficient (Wildman–Crippen LogP) is 3.71. The van der Waals surface area contributed by atoms with Gasteiger partial charge < -0.3 is 34.2 Å². The summed E-state index contributed by atoms with van der Waals surface area (Å²) >= 11 is 1.48. The fraction of sp³-hybridized carbons (Fsp3) is 0.526. The first-order valence-corrected chi connectivity index (χ1v) is 21.3. The van der Waals surface area contributed by atoms with Gasteiger partial charge in [0.05, 0.1) is 25.1 Å². The van der Waals surface area contributed by atoms with Crippen LogP contribution in [0.2, 0.25) is 0 Å². The summed E-state index contributed by atoms with van der Waals surface area (Å²) in [5.41, 5.74) is -1.98. The van der Waals surface area contributed by atoms with E-state index in [1.807, 2.05) is 18.2 Å². The van der Waals surface area contributed by atoms with Crippen LogP contribution >= 0.6 is 11.8 Å². The summed E-state index contributed by atoms with van der Waals surface area (Å²) in [6, 6.07) is 4.91. The fourth-order valence-electron chi connectivity index (χ4n) is 6.97. The van der Waals surface area contributed by atoms with E-state index < -0.39 is 74.3 Å². The molecule has 0 bridgehead atoms. The van der Waals surface area contributed by atoms with Gasteiger partial charge in [-0.15, -0.1) is 0 Å². The van der Waals surface area contributed by atoms with Gasteiger partial charge in [0.1, 0.15) is 47.0 Å². The number of carbonyl (C=O) groups is 4. The number of pyridine rings is 1. The van der Waals surface area contributed by atoms with E-state index in [1.54, 1.807) is 46.1 Å². The second-order valence-electron chi connectivity index (χ2n) is 15.5. The highest BCUT2D eigenvalue weighted by atomic mass is 32.2. The summed E-state index contributed by atoms with van der Waals surface area (Å²) < 4.78 is 51.0. The smallest absolute Gasteiger partial charge is 0.408 e. The lowest BCUT2D eigenvalue weighted by Crippen LogP contribution is -2.58. The van der Waals surface area contributed by atoms with Gasteiger partial charge in [0.25, 0.3) is 5.91 Å². The van der Waals surface area contributed by atoms with Crippen LogP contribution in [0.4, 0.5) is 4.79 Å². The van der Waals surface area contributed by atoms with Crippen LogP contribution in [0, 0.1) is 5.92 Å². The number of oxazole rings is 1. The molecule has 0 radical (unpaired) electrons. The zero-order chi connectivity index (χ0) is 39.8. The van der Waals surface area contributed by atoms with Crippen molar-refractivity contribution in [2.75, 3.05) is 25.2 Å². The van der Waals surface area contributed by atoms with E-state index in [4.69, 9.17) is 23.6 Å². The van der Waals surface area contributed by atoms with E-state index in [9.17, 15) is 27.6 Å². The topological polar surface area (TPSA) is 208 Å². The monoisotopic (exact) mass is 810 g/mol. The molecular weight excluding hydrogens is 765 g/mol. The summed E-state index contributed by atoms with van der Waals surface area (Å²) in [5, 5.41) is 6.28. The Labute approximate surface area is 328 Å². The van der Waals surface area contributed by atoms with Crippen molar-refractivity contribution < 1.29 is 46.2 Å². The third-order valence-corrected chi connectivity index (χ3v) is 13.0. The van der Waals surface area contributed by atoms with Gasteiger partial charge in [-0.1, -0.05) is 12.2 Å². The lowest BCUT2D eigenvalue weighted by molar-refractivity contribution is -0.140. The SMILES string of the molecule is COc1ccc2c(O[C@@H]3C[C@H]4C(=O)N[C@]5(C(=O)NS(=O)(=O)C6CC6)C[C@H]5/C=C\CCCSC[C@H](NC(=O)OC(C)(C)C)C(=O)N4C3)nc(-c3ncco3)cc2c1. The number of alkyl carbamates (subject to hydrolysis) is 1. The minimum Gasteiger partial charge on any atom is -0.497 e. The van der Waals surface area contributed by atoms with E-state index in [-0.39, 0.29) is 36.9 Å². The van der Waals surface area contributed by atoms with Crippen molar-refractivity contribution in [2.45, 2.75) is 93.9 Å². The first kappa shape index (κ1) is 39.4. The molecule has 5 atom stereocenters. The molecule has 4 heterocycles. The molecule has 2 aliphatic heterocycles. The summed E-state index contributed by atoms with van der Waals surface area (Å²) in [6.07, 6.45) is 7.62. The van der Waals surface area contributed by atoms with Gasteiger partial charge in [-0.2, -0.15) is 11.8 Å². The molecule has 0 unspecified atom stereocenters. The number of ether oxygens (including phenoxy) is 3. The fourth-order valence-corrected chi connectivity index (χ4v) is 9.33. The number of carbonyl (C=O) groups excluding carboxylic acids is 4. The van der Waals surface area contributed by atoms with Gasteiger partial charge in [0.2, 0.25) is 33.6 Å². The zero-order valence-corrected chi connectivity index (χ0v) is 33.2. The van der Waals surface area contributed by atoms with E-state index in [1.165, 1.54) is 29.1 Å². The molecule has 4 amide bonds. The van der Waals surface area contributed by atoms with Crippen LogP contribution in [-0.4, -0.2) is 107 Å². The zero-order valence-electron chi connectivity index (χ0n) is 31.6. The molecule has 2 aromatic heterocycles. The molecule has 7 rings (SSSR count). The maximum absolute atomic E-state index is 14.6. The van der Waals surface area contributed by atoms with E-state index in [2.05, 4.69) is 20.3 Å². The summed E-state index contributed by atoms with van der Waals surface area (Å²) in [5.74, 6) is -0.545. The number of aromatic nitrogens is 2. The van der Waals surface area contributed by atoms with Crippen molar-refractivity contribution in [1.29, 1.82) is 0 Å². The number of amides is 4. The molecule has 3 fully saturated rings. The van der Waals surface area contributed by atoms with Crippen LogP contribution in [0.5, 0.6) is 11.6 Å².